The number of hydrogen-bond acceptors (Lipinski definition) is 4. The highest BCUT2D eigenvalue weighted by Gasteiger charge is 2.17. The number of carbonyl (C=O) groups is 1. The summed E-state index contributed by atoms with van der Waals surface area (Å²) in [4.78, 5) is 11.0. The Labute approximate surface area is 93.8 Å². The van der Waals surface area contributed by atoms with E-state index < -0.39 is 5.97 Å². The number of hydrogen-bond donors (Lipinski definition) is 2. The van der Waals surface area contributed by atoms with Gasteiger partial charge in [0.2, 0.25) is 0 Å². The molecule has 0 unspecified atom stereocenters. The summed E-state index contributed by atoms with van der Waals surface area (Å²) in [7, 11) is 2.88. The zero-order chi connectivity index (χ0) is 12.1. The van der Waals surface area contributed by atoms with Gasteiger partial charge in [-0.1, -0.05) is 0 Å². The number of methoxy groups -OCH3 is 2. The fraction of sp³-hybridized carbons (Fsp3) is 0.364. The lowest BCUT2D eigenvalue weighted by Gasteiger charge is -2.12. The predicted molar refractivity (Wildman–Crippen MR) is 59.3 cm³/mol. The third-order valence-electron chi connectivity index (χ3n) is 2.20. The minimum Gasteiger partial charge on any atom is -0.493 e. The van der Waals surface area contributed by atoms with Crippen molar-refractivity contribution in [1.82, 2.24) is 0 Å². The Balaban J connectivity index is 3.31. The molecule has 0 atom stereocenters. The molecule has 1 aromatic carbocycles. The maximum atomic E-state index is 11.0. The van der Waals surface area contributed by atoms with Crippen molar-refractivity contribution in [2.45, 2.75) is 6.42 Å². The van der Waals surface area contributed by atoms with Crippen LogP contribution in [0.5, 0.6) is 11.5 Å². The van der Waals surface area contributed by atoms with Crippen molar-refractivity contribution in [3.05, 3.63) is 23.3 Å². The molecule has 0 saturated heterocycles. The number of benzene rings is 1. The first-order valence-electron chi connectivity index (χ1n) is 4.82. The molecule has 5 nitrogen and oxygen atoms in total. The van der Waals surface area contributed by atoms with E-state index in [0.717, 1.165) is 5.56 Å². The molecule has 0 aliphatic rings. The Morgan fingerprint density at radius 1 is 1.38 bits per heavy atom. The van der Waals surface area contributed by atoms with Crippen LogP contribution in [0.2, 0.25) is 0 Å². The van der Waals surface area contributed by atoms with Crippen molar-refractivity contribution in [3.8, 4) is 11.5 Å². The molecule has 0 fully saturated rings. The highest BCUT2D eigenvalue weighted by atomic mass is 16.5. The van der Waals surface area contributed by atoms with Crippen molar-refractivity contribution in [2.75, 3.05) is 20.8 Å². The minimum absolute atomic E-state index is 0.0882. The molecule has 1 rings (SSSR count). The SMILES string of the molecule is COc1cc(CCN)cc(C(=O)O)c1OC. The Morgan fingerprint density at radius 3 is 2.50 bits per heavy atom. The topological polar surface area (TPSA) is 81.8 Å². The fourth-order valence-corrected chi connectivity index (χ4v) is 1.49. The molecule has 0 radical (unpaired) electrons. The molecule has 16 heavy (non-hydrogen) atoms. The van der Waals surface area contributed by atoms with Gasteiger partial charge in [0.25, 0.3) is 0 Å². The summed E-state index contributed by atoms with van der Waals surface area (Å²) in [6, 6.07) is 3.29. The van der Waals surface area contributed by atoms with Crippen molar-refractivity contribution < 1.29 is 19.4 Å². The predicted octanol–water partition coefficient (Wildman–Crippen LogP) is 0.903. The van der Waals surface area contributed by atoms with E-state index in [9.17, 15) is 4.79 Å². The van der Waals surface area contributed by atoms with Gasteiger partial charge in [-0.25, -0.2) is 4.79 Å². The summed E-state index contributed by atoms with van der Waals surface area (Å²) in [5, 5.41) is 9.04. The monoisotopic (exact) mass is 225 g/mol. The van der Waals surface area contributed by atoms with Gasteiger partial charge in [0, 0.05) is 0 Å². The molecule has 0 aliphatic heterocycles. The Kier molecular flexibility index (Phi) is 4.13. The van der Waals surface area contributed by atoms with Crippen molar-refractivity contribution in [3.63, 3.8) is 0 Å². The lowest BCUT2D eigenvalue weighted by atomic mass is 10.1. The first-order chi connectivity index (χ1) is 7.63. The van der Waals surface area contributed by atoms with Crippen molar-refractivity contribution in [1.29, 1.82) is 0 Å². The second kappa shape index (κ2) is 5.37. The third-order valence-corrected chi connectivity index (χ3v) is 2.20. The molecule has 0 amide bonds. The Hall–Kier alpha value is -1.75. The van der Waals surface area contributed by atoms with Crippen LogP contribution in [-0.2, 0) is 6.42 Å². The van der Waals surface area contributed by atoms with E-state index in [1.807, 2.05) is 0 Å². The van der Waals surface area contributed by atoms with E-state index in [0.29, 0.717) is 18.7 Å². The number of ether oxygens (including phenoxy) is 2. The Bertz CT molecular complexity index is 390. The highest BCUT2D eigenvalue weighted by Crippen LogP contribution is 2.32. The molecule has 0 saturated carbocycles. The van der Waals surface area contributed by atoms with Crippen LogP contribution >= 0.6 is 0 Å². The summed E-state index contributed by atoms with van der Waals surface area (Å²) in [6.45, 7) is 0.453. The Morgan fingerprint density at radius 2 is 2.06 bits per heavy atom. The van der Waals surface area contributed by atoms with Gasteiger partial charge in [0.1, 0.15) is 5.56 Å². The van der Waals surface area contributed by atoms with Crippen LogP contribution < -0.4 is 15.2 Å². The molecule has 1 aromatic rings. The molecule has 0 bridgehead atoms. The van der Waals surface area contributed by atoms with Gasteiger partial charge in [-0.3, -0.25) is 0 Å². The quantitative estimate of drug-likeness (QED) is 0.778. The molecule has 88 valence electrons. The summed E-state index contributed by atoms with van der Waals surface area (Å²) in [5.74, 6) is -0.407. The van der Waals surface area contributed by atoms with Gasteiger partial charge in [-0.2, -0.15) is 0 Å². The number of aromatic carboxylic acids is 1. The standard InChI is InChI=1S/C11H15NO4/c1-15-9-6-7(3-4-12)5-8(11(13)14)10(9)16-2/h5-6H,3-4,12H2,1-2H3,(H,13,14). The van der Waals surface area contributed by atoms with Gasteiger partial charge in [-0.15, -0.1) is 0 Å². The zero-order valence-corrected chi connectivity index (χ0v) is 9.32. The van der Waals surface area contributed by atoms with Crippen LogP contribution in [0, 0.1) is 0 Å². The van der Waals surface area contributed by atoms with Crippen LogP contribution in [0.1, 0.15) is 15.9 Å². The molecular weight excluding hydrogens is 210 g/mol. The smallest absolute Gasteiger partial charge is 0.339 e. The van der Waals surface area contributed by atoms with E-state index >= 15 is 0 Å². The van der Waals surface area contributed by atoms with E-state index in [-0.39, 0.29) is 11.3 Å². The van der Waals surface area contributed by atoms with Crippen LogP contribution in [0.3, 0.4) is 0 Å². The van der Waals surface area contributed by atoms with Gasteiger partial charge >= 0.3 is 5.97 Å². The molecular formula is C11H15NO4. The molecule has 5 heteroatoms. The fourth-order valence-electron chi connectivity index (χ4n) is 1.49. The maximum Gasteiger partial charge on any atom is 0.339 e. The normalized spacial score (nSPS) is 9.94. The molecule has 3 N–H and O–H groups in total. The highest BCUT2D eigenvalue weighted by molar-refractivity contribution is 5.92. The average Bonchev–Trinajstić information content (AvgIpc) is 2.28. The number of rotatable bonds is 5. The van der Waals surface area contributed by atoms with Crippen LogP contribution in [0.15, 0.2) is 12.1 Å². The molecule has 0 spiro atoms. The van der Waals surface area contributed by atoms with E-state index in [2.05, 4.69) is 0 Å². The summed E-state index contributed by atoms with van der Waals surface area (Å²) in [6.07, 6.45) is 0.598. The second-order valence-corrected chi connectivity index (χ2v) is 3.22. The van der Waals surface area contributed by atoms with Crippen LogP contribution in [0.25, 0.3) is 0 Å². The van der Waals surface area contributed by atoms with Crippen LogP contribution in [0.4, 0.5) is 0 Å². The number of carboxylic acid groups (broad SMARTS) is 1. The van der Waals surface area contributed by atoms with Gasteiger partial charge in [0.05, 0.1) is 14.2 Å². The summed E-state index contributed by atoms with van der Waals surface area (Å²) < 4.78 is 10.1. The maximum absolute atomic E-state index is 11.0. The number of carboxylic acids is 1. The lowest BCUT2D eigenvalue weighted by molar-refractivity contribution is 0.0692. The van der Waals surface area contributed by atoms with E-state index in [4.69, 9.17) is 20.3 Å². The van der Waals surface area contributed by atoms with Gasteiger partial charge in [0.15, 0.2) is 11.5 Å². The van der Waals surface area contributed by atoms with Gasteiger partial charge in [-0.05, 0) is 30.7 Å². The summed E-state index contributed by atoms with van der Waals surface area (Å²) in [5.41, 5.74) is 6.33. The largest absolute Gasteiger partial charge is 0.493 e. The minimum atomic E-state index is -1.05. The van der Waals surface area contributed by atoms with E-state index in [1.54, 1.807) is 12.1 Å². The number of nitrogens with two attached hydrogens (primary N) is 1. The zero-order valence-electron chi connectivity index (χ0n) is 9.32. The van der Waals surface area contributed by atoms with Crippen molar-refractivity contribution in [2.24, 2.45) is 5.73 Å². The average molecular weight is 225 g/mol. The lowest BCUT2D eigenvalue weighted by Crippen LogP contribution is -2.07. The first kappa shape index (κ1) is 12.3. The molecule has 0 aromatic heterocycles. The summed E-state index contributed by atoms with van der Waals surface area (Å²) >= 11 is 0. The first-order valence-corrected chi connectivity index (χ1v) is 4.82. The van der Waals surface area contributed by atoms with E-state index in [1.165, 1.54) is 14.2 Å². The van der Waals surface area contributed by atoms with Gasteiger partial charge < -0.3 is 20.3 Å². The molecule has 0 aliphatic carbocycles. The third kappa shape index (κ3) is 2.43. The molecule has 0 heterocycles. The second-order valence-electron chi connectivity index (χ2n) is 3.22. The van der Waals surface area contributed by atoms with Crippen molar-refractivity contribution >= 4 is 5.97 Å². The van der Waals surface area contributed by atoms with Crippen LogP contribution in [-0.4, -0.2) is 31.8 Å².